The quantitative estimate of drug-likeness (QED) is 0.516. The highest BCUT2D eigenvalue weighted by Crippen LogP contribution is 2.31. The molecule has 15 heavy (non-hydrogen) atoms. The molecule has 1 aliphatic carbocycles. The number of aliphatic hydroxyl groups excluding tert-OH is 1. The molecule has 3 heteroatoms. The van der Waals surface area contributed by atoms with Crippen LogP contribution in [-0.4, -0.2) is 23.8 Å². The lowest BCUT2D eigenvalue weighted by Gasteiger charge is -2.12. The maximum absolute atomic E-state index is 11.5. The Morgan fingerprint density at radius 3 is 2.67 bits per heavy atom. The van der Waals surface area contributed by atoms with E-state index < -0.39 is 0 Å². The Kier molecular flexibility index (Phi) is 5.54. The molecular formula is C12H20O3. The predicted molar refractivity (Wildman–Crippen MR) is 57.5 cm³/mol. The number of unbranched alkanes of at least 4 members (excludes halogenated alkanes) is 3. The van der Waals surface area contributed by atoms with E-state index >= 15 is 0 Å². The van der Waals surface area contributed by atoms with Gasteiger partial charge in [0.25, 0.3) is 0 Å². The summed E-state index contributed by atoms with van der Waals surface area (Å²) in [4.78, 5) is 22.2. The summed E-state index contributed by atoms with van der Waals surface area (Å²) in [7, 11) is 0. The summed E-state index contributed by atoms with van der Waals surface area (Å²) in [5.74, 6) is 0.251. The van der Waals surface area contributed by atoms with Crippen molar-refractivity contribution >= 4 is 12.1 Å². The Balaban J connectivity index is 2.18. The first-order chi connectivity index (χ1) is 7.29. The lowest BCUT2D eigenvalue weighted by molar-refractivity contribution is -0.123. The van der Waals surface area contributed by atoms with Gasteiger partial charge in [0.2, 0.25) is 0 Å². The van der Waals surface area contributed by atoms with Gasteiger partial charge in [0.1, 0.15) is 12.1 Å². The van der Waals surface area contributed by atoms with E-state index in [1.807, 2.05) is 0 Å². The van der Waals surface area contributed by atoms with E-state index in [2.05, 4.69) is 0 Å². The van der Waals surface area contributed by atoms with Gasteiger partial charge in [-0.05, 0) is 19.3 Å². The van der Waals surface area contributed by atoms with Crippen LogP contribution in [0.15, 0.2) is 0 Å². The van der Waals surface area contributed by atoms with E-state index in [-0.39, 0.29) is 24.2 Å². The number of rotatable bonds is 7. The summed E-state index contributed by atoms with van der Waals surface area (Å²) in [6.07, 6.45) is 7.06. The molecule has 0 heterocycles. The van der Waals surface area contributed by atoms with Crippen molar-refractivity contribution < 1.29 is 14.7 Å². The summed E-state index contributed by atoms with van der Waals surface area (Å²) in [6.45, 7) is 0.249. The van der Waals surface area contributed by atoms with E-state index in [0.717, 1.165) is 44.8 Å². The normalized spacial score (nSPS) is 25.8. The molecule has 2 atom stereocenters. The molecule has 1 N–H and O–H groups in total. The molecule has 3 nitrogen and oxygen atoms in total. The molecule has 1 rings (SSSR count). The SMILES string of the molecule is O=CC1CCC(=O)C1CCCCCCO. The van der Waals surface area contributed by atoms with Crippen LogP contribution in [-0.2, 0) is 9.59 Å². The Morgan fingerprint density at radius 2 is 2.00 bits per heavy atom. The first-order valence-corrected chi connectivity index (χ1v) is 5.88. The molecule has 0 amide bonds. The molecule has 0 spiro atoms. The third kappa shape index (κ3) is 3.74. The minimum Gasteiger partial charge on any atom is -0.396 e. The predicted octanol–water partition coefficient (Wildman–Crippen LogP) is 1.72. The van der Waals surface area contributed by atoms with Crippen molar-refractivity contribution in [1.82, 2.24) is 0 Å². The van der Waals surface area contributed by atoms with Crippen LogP contribution < -0.4 is 0 Å². The van der Waals surface area contributed by atoms with Crippen LogP contribution in [0.25, 0.3) is 0 Å². The molecule has 0 saturated heterocycles. The molecule has 0 aliphatic heterocycles. The Hall–Kier alpha value is -0.700. The zero-order valence-electron chi connectivity index (χ0n) is 9.15. The number of carbonyl (C=O) groups is 2. The van der Waals surface area contributed by atoms with Crippen molar-refractivity contribution in [2.24, 2.45) is 11.8 Å². The Labute approximate surface area is 90.9 Å². The molecular weight excluding hydrogens is 192 g/mol. The zero-order chi connectivity index (χ0) is 11.1. The molecule has 86 valence electrons. The lowest BCUT2D eigenvalue weighted by Crippen LogP contribution is -2.15. The van der Waals surface area contributed by atoms with Crippen molar-refractivity contribution in [3.63, 3.8) is 0 Å². The number of Topliss-reactive ketones (excluding diaryl/α,β-unsaturated/α-hetero) is 1. The molecule has 1 fully saturated rings. The second kappa shape index (κ2) is 6.72. The van der Waals surface area contributed by atoms with E-state index in [0.29, 0.717) is 6.42 Å². The summed E-state index contributed by atoms with van der Waals surface area (Å²) in [6, 6.07) is 0. The molecule has 1 aliphatic rings. The van der Waals surface area contributed by atoms with Gasteiger partial charge >= 0.3 is 0 Å². The average Bonchev–Trinajstić information content (AvgIpc) is 2.60. The first-order valence-electron chi connectivity index (χ1n) is 5.88. The minimum absolute atomic E-state index is 0.00312. The van der Waals surface area contributed by atoms with Gasteiger partial charge in [0.05, 0.1) is 0 Å². The van der Waals surface area contributed by atoms with E-state index in [1.54, 1.807) is 0 Å². The highest BCUT2D eigenvalue weighted by atomic mass is 16.2. The third-order valence-electron chi connectivity index (χ3n) is 3.25. The van der Waals surface area contributed by atoms with Crippen LogP contribution >= 0.6 is 0 Å². The lowest BCUT2D eigenvalue weighted by atomic mass is 9.91. The van der Waals surface area contributed by atoms with Gasteiger partial charge in [-0.3, -0.25) is 4.79 Å². The highest BCUT2D eigenvalue weighted by molar-refractivity contribution is 5.86. The number of aliphatic hydroxyl groups is 1. The number of hydrogen-bond acceptors (Lipinski definition) is 3. The number of ketones is 1. The summed E-state index contributed by atoms with van der Waals surface area (Å²) >= 11 is 0. The van der Waals surface area contributed by atoms with Crippen LogP contribution in [0.5, 0.6) is 0 Å². The molecule has 0 aromatic heterocycles. The van der Waals surface area contributed by atoms with E-state index in [1.165, 1.54) is 0 Å². The maximum Gasteiger partial charge on any atom is 0.136 e. The Morgan fingerprint density at radius 1 is 1.27 bits per heavy atom. The molecule has 0 aromatic carbocycles. The minimum atomic E-state index is -0.0182. The monoisotopic (exact) mass is 212 g/mol. The van der Waals surface area contributed by atoms with E-state index in [9.17, 15) is 9.59 Å². The van der Waals surface area contributed by atoms with Gasteiger partial charge in [-0.15, -0.1) is 0 Å². The van der Waals surface area contributed by atoms with Gasteiger partial charge < -0.3 is 9.90 Å². The number of carbonyl (C=O) groups excluding carboxylic acids is 2. The molecule has 0 bridgehead atoms. The van der Waals surface area contributed by atoms with Gasteiger partial charge in [0.15, 0.2) is 0 Å². The highest BCUT2D eigenvalue weighted by Gasteiger charge is 2.33. The van der Waals surface area contributed by atoms with Gasteiger partial charge in [-0.25, -0.2) is 0 Å². The van der Waals surface area contributed by atoms with Crippen LogP contribution in [0.2, 0.25) is 0 Å². The molecule has 2 unspecified atom stereocenters. The van der Waals surface area contributed by atoms with Crippen LogP contribution in [0.3, 0.4) is 0 Å². The smallest absolute Gasteiger partial charge is 0.136 e. The van der Waals surface area contributed by atoms with Crippen molar-refractivity contribution in [3.05, 3.63) is 0 Å². The van der Waals surface area contributed by atoms with Gasteiger partial charge in [-0.2, -0.15) is 0 Å². The fourth-order valence-electron chi connectivity index (χ4n) is 2.30. The van der Waals surface area contributed by atoms with Crippen LogP contribution in [0, 0.1) is 11.8 Å². The van der Waals surface area contributed by atoms with E-state index in [4.69, 9.17) is 5.11 Å². The third-order valence-corrected chi connectivity index (χ3v) is 3.25. The number of hydrogen-bond donors (Lipinski definition) is 1. The fraction of sp³-hybridized carbons (Fsp3) is 0.833. The summed E-state index contributed by atoms with van der Waals surface area (Å²) in [5.41, 5.74) is 0. The molecule has 0 aromatic rings. The van der Waals surface area contributed by atoms with Gasteiger partial charge in [-0.1, -0.05) is 19.3 Å². The topological polar surface area (TPSA) is 54.4 Å². The largest absolute Gasteiger partial charge is 0.396 e. The van der Waals surface area contributed by atoms with Crippen LogP contribution in [0.4, 0.5) is 0 Å². The van der Waals surface area contributed by atoms with Crippen molar-refractivity contribution in [1.29, 1.82) is 0 Å². The molecule has 0 radical (unpaired) electrons. The zero-order valence-corrected chi connectivity index (χ0v) is 9.15. The van der Waals surface area contributed by atoms with Gasteiger partial charge in [0, 0.05) is 24.9 Å². The summed E-state index contributed by atoms with van der Waals surface area (Å²) in [5, 5.41) is 8.60. The second-order valence-corrected chi connectivity index (χ2v) is 4.34. The summed E-state index contributed by atoms with van der Waals surface area (Å²) < 4.78 is 0. The van der Waals surface area contributed by atoms with Crippen molar-refractivity contribution in [2.45, 2.75) is 44.9 Å². The maximum atomic E-state index is 11.5. The van der Waals surface area contributed by atoms with Crippen molar-refractivity contribution in [2.75, 3.05) is 6.61 Å². The molecule has 1 saturated carbocycles. The van der Waals surface area contributed by atoms with Crippen molar-refractivity contribution in [3.8, 4) is 0 Å². The fourth-order valence-corrected chi connectivity index (χ4v) is 2.30. The number of aldehydes is 1. The standard InChI is InChI=1S/C12H20O3/c13-8-4-2-1-3-5-11-10(9-14)6-7-12(11)15/h9-11,13H,1-8H2. The average molecular weight is 212 g/mol. The van der Waals surface area contributed by atoms with Crippen LogP contribution in [0.1, 0.15) is 44.9 Å². The first kappa shape index (κ1) is 12.4. The second-order valence-electron chi connectivity index (χ2n) is 4.34. The Bertz CT molecular complexity index is 213.